The van der Waals surface area contributed by atoms with Gasteiger partial charge in [-0.15, -0.1) is 6.58 Å². The number of hydrogen-bond acceptors (Lipinski definition) is 2. The van der Waals surface area contributed by atoms with Crippen LogP contribution in [0.5, 0.6) is 0 Å². The second-order valence-electron chi connectivity index (χ2n) is 2.61. The van der Waals surface area contributed by atoms with Crippen molar-refractivity contribution < 1.29 is 9.90 Å². The van der Waals surface area contributed by atoms with E-state index in [1.807, 2.05) is 0 Å². The van der Waals surface area contributed by atoms with Crippen molar-refractivity contribution in [2.45, 2.75) is 19.4 Å². The van der Waals surface area contributed by atoms with Gasteiger partial charge in [-0.25, -0.2) is 0 Å². The smallest absolute Gasteiger partial charge is 0.323 e. The van der Waals surface area contributed by atoms with Crippen LogP contribution in [0.4, 0.5) is 0 Å². The van der Waals surface area contributed by atoms with Gasteiger partial charge < -0.3 is 10.8 Å². The number of carboxylic acid groups (broad SMARTS) is 1. The van der Waals surface area contributed by atoms with Gasteiger partial charge >= 0.3 is 5.97 Å². The zero-order valence-corrected chi connectivity index (χ0v) is 6.29. The van der Waals surface area contributed by atoms with Gasteiger partial charge in [-0.1, -0.05) is 13.0 Å². The van der Waals surface area contributed by atoms with Gasteiger partial charge in [0, 0.05) is 5.92 Å². The van der Waals surface area contributed by atoms with Crippen LogP contribution in [0.25, 0.3) is 0 Å². The lowest BCUT2D eigenvalue weighted by atomic mass is 9.88. The summed E-state index contributed by atoms with van der Waals surface area (Å²) in [6, 6.07) is 0. The van der Waals surface area contributed by atoms with Crippen LogP contribution in [0.1, 0.15) is 13.8 Å². The Morgan fingerprint density at radius 2 is 2.30 bits per heavy atom. The molecule has 0 amide bonds. The van der Waals surface area contributed by atoms with E-state index in [1.54, 1.807) is 6.92 Å². The Morgan fingerprint density at radius 3 is 2.40 bits per heavy atom. The molecule has 0 aliphatic rings. The molecule has 3 heteroatoms. The minimum atomic E-state index is -1.19. The number of rotatable bonds is 3. The highest BCUT2D eigenvalue weighted by atomic mass is 16.4. The normalized spacial score (nSPS) is 19.1. The van der Waals surface area contributed by atoms with Crippen LogP contribution in [0.2, 0.25) is 0 Å². The molecule has 2 atom stereocenters. The topological polar surface area (TPSA) is 63.3 Å². The molecule has 10 heavy (non-hydrogen) atoms. The van der Waals surface area contributed by atoms with E-state index < -0.39 is 11.5 Å². The summed E-state index contributed by atoms with van der Waals surface area (Å²) < 4.78 is 0. The fraction of sp³-hybridized carbons (Fsp3) is 0.571. The van der Waals surface area contributed by atoms with Gasteiger partial charge in [0.05, 0.1) is 0 Å². The Morgan fingerprint density at radius 1 is 1.90 bits per heavy atom. The Balaban J connectivity index is 4.38. The highest BCUT2D eigenvalue weighted by Crippen LogP contribution is 2.14. The summed E-state index contributed by atoms with van der Waals surface area (Å²) in [6.07, 6.45) is 1.54. The summed E-state index contributed by atoms with van der Waals surface area (Å²) in [5.74, 6) is -1.22. The standard InChI is InChI=1S/C7H13NO2/c1-4-5(2)7(3,8)6(9)10/h4-5H,1,8H2,2-3H3,(H,9,10)/t5-,7+/m0/s1. The molecule has 0 radical (unpaired) electrons. The molecule has 0 aromatic heterocycles. The van der Waals surface area contributed by atoms with E-state index in [0.717, 1.165) is 0 Å². The van der Waals surface area contributed by atoms with Crippen LogP contribution in [0.3, 0.4) is 0 Å². The van der Waals surface area contributed by atoms with Crippen molar-refractivity contribution in [3.8, 4) is 0 Å². The Labute approximate surface area is 60.5 Å². The minimum absolute atomic E-state index is 0.218. The number of aliphatic carboxylic acids is 1. The summed E-state index contributed by atoms with van der Waals surface area (Å²) >= 11 is 0. The SMILES string of the molecule is C=C[C@H](C)[C@@](C)(N)C(=O)O. The molecule has 0 bridgehead atoms. The highest BCUT2D eigenvalue weighted by Gasteiger charge is 2.32. The molecular weight excluding hydrogens is 130 g/mol. The van der Waals surface area contributed by atoms with E-state index in [0.29, 0.717) is 0 Å². The Bertz CT molecular complexity index is 152. The fourth-order valence-electron chi connectivity index (χ4n) is 0.440. The Hall–Kier alpha value is -0.830. The molecule has 0 heterocycles. The molecule has 3 nitrogen and oxygen atoms in total. The van der Waals surface area contributed by atoms with Gasteiger partial charge in [-0.05, 0) is 6.92 Å². The van der Waals surface area contributed by atoms with E-state index in [4.69, 9.17) is 10.8 Å². The first-order valence-electron chi connectivity index (χ1n) is 3.07. The number of nitrogens with two attached hydrogens (primary N) is 1. The maximum Gasteiger partial charge on any atom is 0.323 e. The van der Waals surface area contributed by atoms with Crippen molar-refractivity contribution in [2.24, 2.45) is 11.7 Å². The van der Waals surface area contributed by atoms with Crippen molar-refractivity contribution in [1.82, 2.24) is 0 Å². The summed E-state index contributed by atoms with van der Waals surface area (Å²) in [5, 5.41) is 8.57. The maximum atomic E-state index is 10.4. The van der Waals surface area contributed by atoms with Gasteiger partial charge in [0.2, 0.25) is 0 Å². The van der Waals surface area contributed by atoms with E-state index in [-0.39, 0.29) is 5.92 Å². The molecule has 58 valence electrons. The van der Waals surface area contributed by atoms with Crippen LogP contribution in [-0.2, 0) is 4.79 Å². The molecule has 0 saturated carbocycles. The van der Waals surface area contributed by atoms with Gasteiger partial charge in [0.15, 0.2) is 0 Å². The summed E-state index contributed by atoms with van der Waals surface area (Å²) in [4.78, 5) is 10.4. The monoisotopic (exact) mass is 143 g/mol. The third-order valence-corrected chi connectivity index (χ3v) is 1.76. The molecule has 0 unspecified atom stereocenters. The average Bonchev–Trinajstić information content (AvgIpc) is 1.86. The third-order valence-electron chi connectivity index (χ3n) is 1.76. The largest absolute Gasteiger partial charge is 0.480 e. The minimum Gasteiger partial charge on any atom is -0.480 e. The molecule has 0 aliphatic heterocycles. The van der Waals surface area contributed by atoms with Gasteiger partial charge in [0.1, 0.15) is 5.54 Å². The van der Waals surface area contributed by atoms with E-state index >= 15 is 0 Å². The summed E-state index contributed by atoms with van der Waals surface area (Å²) in [6.45, 7) is 6.66. The molecule has 0 aromatic rings. The van der Waals surface area contributed by atoms with Crippen LogP contribution >= 0.6 is 0 Å². The Kier molecular flexibility index (Phi) is 2.60. The van der Waals surface area contributed by atoms with Crippen LogP contribution in [0, 0.1) is 5.92 Å². The predicted octanol–water partition coefficient (Wildman–Crippen LogP) is 0.611. The van der Waals surface area contributed by atoms with Crippen molar-refractivity contribution in [3.63, 3.8) is 0 Å². The number of carbonyl (C=O) groups is 1. The van der Waals surface area contributed by atoms with Crippen molar-refractivity contribution >= 4 is 5.97 Å². The lowest BCUT2D eigenvalue weighted by Gasteiger charge is -2.23. The van der Waals surface area contributed by atoms with Crippen molar-refractivity contribution in [2.75, 3.05) is 0 Å². The second kappa shape index (κ2) is 2.84. The van der Waals surface area contributed by atoms with E-state index in [1.165, 1.54) is 13.0 Å². The molecule has 0 aliphatic carbocycles. The lowest BCUT2D eigenvalue weighted by Crippen LogP contribution is -2.49. The first kappa shape index (κ1) is 9.17. The van der Waals surface area contributed by atoms with E-state index in [9.17, 15) is 4.79 Å². The molecule has 3 N–H and O–H groups in total. The fourth-order valence-corrected chi connectivity index (χ4v) is 0.440. The van der Waals surface area contributed by atoms with Crippen molar-refractivity contribution in [1.29, 1.82) is 0 Å². The van der Waals surface area contributed by atoms with Gasteiger partial charge in [-0.2, -0.15) is 0 Å². The van der Waals surface area contributed by atoms with Gasteiger partial charge in [0.25, 0.3) is 0 Å². The average molecular weight is 143 g/mol. The maximum absolute atomic E-state index is 10.4. The second-order valence-corrected chi connectivity index (χ2v) is 2.61. The lowest BCUT2D eigenvalue weighted by molar-refractivity contribution is -0.143. The van der Waals surface area contributed by atoms with Crippen LogP contribution < -0.4 is 5.73 Å². The zero-order valence-electron chi connectivity index (χ0n) is 6.29. The summed E-state index contributed by atoms with van der Waals surface area (Å²) in [7, 11) is 0. The molecule has 0 saturated heterocycles. The predicted molar refractivity (Wildman–Crippen MR) is 39.6 cm³/mol. The van der Waals surface area contributed by atoms with Crippen LogP contribution in [-0.4, -0.2) is 16.6 Å². The first-order chi connectivity index (χ1) is 4.42. The van der Waals surface area contributed by atoms with Crippen molar-refractivity contribution in [3.05, 3.63) is 12.7 Å². The zero-order chi connectivity index (χ0) is 8.36. The number of carboxylic acids is 1. The number of hydrogen-bond donors (Lipinski definition) is 2. The molecule has 0 spiro atoms. The van der Waals surface area contributed by atoms with E-state index in [2.05, 4.69) is 6.58 Å². The highest BCUT2D eigenvalue weighted by molar-refractivity contribution is 5.78. The quantitative estimate of drug-likeness (QED) is 0.569. The third kappa shape index (κ3) is 1.57. The molecule has 0 rings (SSSR count). The van der Waals surface area contributed by atoms with Gasteiger partial charge in [-0.3, -0.25) is 4.79 Å². The molecule has 0 fully saturated rings. The molecule has 0 aromatic carbocycles. The molecular formula is C7H13NO2. The first-order valence-corrected chi connectivity index (χ1v) is 3.07. The summed E-state index contributed by atoms with van der Waals surface area (Å²) in [5.41, 5.74) is 4.25. The van der Waals surface area contributed by atoms with Crippen LogP contribution in [0.15, 0.2) is 12.7 Å².